The molecular formula is C18H17NO2. The molecule has 3 rings (SSSR count). The van der Waals surface area contributed by atoms with Crippen LogP contribution in [0.15, 0.2) is 60.8 Å². The molecule has 0 aliphatic carbocycles. The number of carboxylic acids is 1. The Kier molecular flexibility index (Phi) is 3.48. The van der Waals surface area contributed by atoms with E-state index in [4.69, 9.17) is 5.11 Å². The van der Waals surface area contributed by atoms with Crippen LogP contribution in [0.3, 0.4) is 0 Å². The van der Waals surface area contributed by atoms with Crippen molar-refractivity contribution in [2.24, 2.45) is 0 Å². The van der Waals surface area contributed by atoms with Gasteiger partial charge in [0.15, 0.2) is 0 Å². The largest absolute Gasteiger partial charge is 0.481 e. The summed E-state index contributed by atoms with van der Waals surface area (Å²) in [5, 5.41) is 10.2. The van der Waals surface area contributed by atoms with Crippen molar-refractivity contribution in [1.82, 2.24) is 4.57 Å². The number of fused-ring (bicyclic) bond motifs is 1. The molecule has 0 bridgehead atoms. The average molecular weight is 279 g/mol. The molecule has 21 heavy (non-hydrogen) atoms. The predicted octanol–water partition coefficient (Wildman–Crippen LogP) is 3.88. The first kappa shape index (κ1) is 13.4. The van der Waals surface area contributed by atoms with E-state index in [2.05, 4.69) is 16.7 Å². The Hall–Kier alpha value is -2.55. The minimum absolute atomic E-state index is 0.480. The quantitative estimate of drug-likeness (QED) is 0.787. The third-order valence-electron chi connectivity index (χ3n) is 3.86. The van der Waals surface area contributed by atoms with Gasteiger partial charge in [-0.05, 0) is 41.6 Å². The molecule has 1 N–H and O–H groups in total. The van der Waals surface area contributed by atoms with Crippen LogP contribution in [0.5, 0.6) is 0 Å². The van der Waals surface area contributed by atoms with Crippen molar-refractivity contribution in [3.8, 4) is 0 Å². The van der Waals surface area contributed by atoms with E-state index in [9.17, 15) is 4.79 Å². The van der Waals surface area contributed by atoms with Crippen LogP contribution >= 0.6 is 0 Å². The first-order valence-corrected chi connectivity index (χ1v) is 7.00. The average Bonchev–Trinajstić information content (AvgIpc) is 2.90. The summed E-state index contributed by atoms with van der Waals surface area (Å²) in [5.41, 5.74) is 3.21. The van der Waals surface area contributed by atoms with Crippen LogP contribution in [-0.4, -0.2) is 15.6 Å². The van der Waals surface area contributed by atoms with Crippen LogP contribution in [0.25, 0.3) is 10.9 Å². The highest BCUT2D eigenvalue weighted by Crippen LogP contribution is 2.23. The highest BCUT2D eigenvalue weighted by Gasteiger charge is 2.14. The van der Waals surface area contributed by atoms with E-state index in [-0.39, 0.29) is 0 Å². The van der Waals surface area contributed by atoms with Crippen LogP contribution in [-0.2, 0) is 11.3 Å². The molecule has 106 valence electrons. The van der Waals surface area contributed by atoms with Crippen molar-refractivity contribution in [1.29, 1.82) is 0 Å². The van der Waals surface area contributed by atoms with Gasteiger partial charge in [0.05, 0.1) is 5.92 Å². The minimum Gasteiger partial charge on any atom is -0.481 e. The number of nitrogens with zero attached hydrogens (tertiary/aromatic N) is 1. The Bertz CT molecular complexity index is 774. The highest BCUT2D eigenvalue weighted by atomic mass is 16.4. The van der Waals surface area contributed by atoms with Crippen molar-refractivity contribution in [2.45, 2.75) is 19.4 Å². The number of carbonyl (C=O) groups is 1. The van der Waals surface area contributed by atoms with Crippen LogP contribution < -0.4 is 0 Å². The van der Waals surface area contributed by atoms with Gasteiger partial charge in [-0.3, -0.25) is 4.79 Å². The molecule has 0 aliphatic rings. The lowest BCUT2D eigenvalue weighted by atomic mass is 10.00. The van der Waals surface area contributed by atoms with Gasteiger partial charge in [-0.2, -0.15) is 0 Å². The third kappa shape index (κ3) is 2.68. The maximum absolute atomic E-state index is 11.1. The molecular weight excluding hydrogens is 262 g/mol. The van der Waals surface area contributed by atoms with Crippen LogP contribution in [0, 0.1) is 0 Å². The Morgan fingerprint density at radius 3 is 2.62 bits per heavy atom. The molecule has 1 aromatic heterocycles. The van der Waals surface area contributed by atoms with Gasteiger partial charge in [0.1, 0.15) is 0 Å². The summed E-state index contributed by atoms with van der Waals surface area (Å²) in [6.45, 7) is 2.53. The molecule has 3 nitrogen and oxygen atoms in total. The van der Waals surface area contributed by atoms with Gasteiger partial charge in [-0.15, -0.1) is 0 Å². The Morgan fingerprint density at radius 2 is 1.90 bits per heavy atom. The molecule has 3 aromatic rings. The summed E-state index contributed by atoms with van der Waals surface area (Å²) < 4.78 is 2.18. The molecule has 0 fully saturated rings. The summed E-state index contributed by atoms with van der Waals surface area (Å²) in [7, 11) is 0. The number of rotatable bonds is 4. The monoisotopic (exact) mass is 279 g/mol. The molecule has 0 saturated carbocycles. The lowest BCUT2D eigenvalue weighted by Crippen LogP contribution is -2.07. The van der Waals surface area contributed by atoms with Crippen molar-refractivity contribution in [3.05, 3.63) is 71.9 Å². The Labute approximate surface area is 123 Å². The second-order valence-corrected chi connectivity index (χ2v) is 5.31. The van der Waals surface area contributed by atoms with Crippen molar-refractivity contribution >= 4 is 16.9 Å². The molecule has 1 unspecified atom stereocenters. The van der Waals surface area contributed by atoms with Crippen LogP contribution in [0.4, 0.5) is 0 Å². The zero-order chi connectivity index (χ0) is 14.8. The lowest BCUT2D eigenvalue weighted by Gasteiger charge is -2.09. The van der Waals surface area contributed by atoms with E-state index >= 15 is 0 Å². The van der Waals surface area contributed by atoms with E-state index < -0.39 is 11.9 Å². The summed E-state index contributed by atoms with van der Waals surface area (Å²) in [4.78, 5) is 11.1. The fourth-order valence-corrected chi connectivity index (χ4v) is 2.55. The fourth-order valence-electron chi connectivity index (χ4n) is 2.55. The molecule has 0 saturated heterocycles. The number of aliphatic carboxylic acids is 1. The maximum Gasteiger partial charge on any atom is 0.310 e. The van der Waals surface area contributed by atoms with Crippen molar-refractivity contribution in [3.63, 3.8) is 0 Å². The zero-order valence-corrected chi connectivity index (χ0v) is 11.9. The van der Waals surface area contributed by atoms with Crippen LogP contribution in [0.2, 0.25) is 0 Å². The topological polar surface area (TPSA) is 42.2 Å². The highest BCUT2D eigenvalue weighted by molar-refractivity contribution is 5.83. The number of hydrogen-bond donors (Lipinski definition) is 1. The molecule has 3 heteroatoms. The Morgan fingerprint density at radius 1 is 1.14 bits per heavy atom. The van der Waals surface area contributed by atoms with Gasteiger partial charge in [0, 0.05) is 18.3 Å². The fraction of sp³-hybridized carbons (Fsp3) is 0.167. The SMILES string of the molecule is CC(C(=O)O)c1ccc2c(ccn2Cc2ccccc2)c1. The normalized spacial score (nSPS) is 12.4. The van der Waals surface area contributed by atoms with E-state index in [0.29, 0.717) is 0 Å². The first-order valence-electron chi connectivity index (χ1n) is 7.00. The number of carboxylic acid groups (broad SMARTS) is 1. The third-order valence-corrected chi connectivity index (χ3v) is 3.86. The predicted molar refractivity (Wildman–Crippen MR) is 83.5 cm³/mol. The van der Waals surface area contributed by atoms with Gasteiger partial charge in [-0.1, -0.05) is 36.4 Å². The van der Waals surface area contributed by atoms with Gasteiger partial charge >= 0.3 is 5.97 Å². The van der Waals surface area contributed by atoms with Crippen molar-refractivity contribution in [2.75, 3.05) is 0 Å². The molecule has 2 aromatic carbocycles. The minimum atomic E-state index is -0.793. The van der Waals surface area contributed by atoms with Gasteiger partial charge < -0.3 is 9.67 Å². The van der Waals surface area contributed by atoms with E-state index in [1.807, 2.05) is 48.7 Å². The second-order valence-electron chi connectivity index (χ2n) is 5.31. The lowest BCUT2D eigenvalue weighted by molar-refractivity contribution is -0.138. The van der Waals surface area contributed by atoms with Gasteiger partial charge in [-0.25, -0.2) is 0 Å². The molecule has 1 atom stereocenters. The van der Waals surface area contributed by atoms with E-state index in [1.165, 1.54) is 5.56 Å². The molecule has 1 heterocycles. The van der Waals surface area contributed by atoms with Crippen molar-refractivity contribution < 1.29 is 9.90 Å². The maximum atomic E-state index is 11.1. The van der Waals surface area contributed by atoms with Crippen LogP contribution in [0.1, 0.15) is 24.0 Å². The molecule has 0 amide bonds. The summed E-state index contributed by atoms with van der Waals surface area (Å²) in [5.74, 6) is -1.27. The van der Waals surface area contributed by atoms with E-state index in [1.54, 1.807) is 6.92 Å². The standard InChI is InChI=1S/C18H17NO2/c1-13(18(20)21)15-7-8-17-16(11-15)9-10-19(17)12-14-5-3-2-4-6-14/h2-11,13H,12H2,1H3,(H,20,21). The summed E-state index contributed by atoms with van der Waals surface area (Å²) >= 11 is 0. The summed E-state index contributed by atoms with van der Waals surface area (Å²) in [6.07, 6.45) is 2.05. The first-order chi connectivity index (χ1) is 10.1. The van der Waals surface area contributed by atoms with Gasteiger partial charge in [0.25, 0.3) is 0 Å². The molecule has 0 aliphatic heterocycles. The van der Waals surface area contributed by atoms with E-state index in [0.717, 1.165) is 23.0 Å². The number of aromatic nitrogens is 1. The second kappa shape index (κ2) is 5.44. The molecule has 0 spiro atoms. The zero-order valence-electron chi connectivity index (χ0n) is 11.9. The van der Waals surface area contributed by atoms with Gasteiger partial charge in [0.2, 0.25) is 0 Å². The number of hydrogen-bond acceptors (Lipinski definition) is 1. The smallest absolute Gasteiger partial charge is 0.310 e. The molecule has 0 radical (unpaired) electrons. The Balaban J connectivity index is 1.94. The summed E-state index contributed by atoms with van der Waals surface area (Å²) in [6, 6.07) is 18.2. The number of benzene rings is 2.